The maximum Gasteiger partial charge on any atom is 0.220 e. The summed E-state index contributed by atoms with van der Waals surface area (Å²) in [6, 6.07) is 9.62. The highest BCUT2D eigenvalue weighted by molar-refractivity contribution is 5.90. The first kappa shape index (κ1) is 19.1. The number of rotatable bonds is 5. The molecule has 2 heterocycles. The van der Waals surface area contributed by atoms with E-state index in [1.807, 2.05) is 13.0 Å². The van der Waals surface area contributed by atoms with Gasteiger partial charge in [-0.3, -0.25) is 9.78 Å². The fraction of sp³-hybridized carbons (Fsp3) is 0.273. The van der Waals surface area contributed by atoms with E-state index in [4.69, 9.17) is 9.47 Å². The van der Waals surface area contributed by atoms with Crippen LogP contribution in [0.3, 0.4) is 0 Å². The van der Waals surface area contributed by atoms with E-state index in [0.29, 0.717) is 35.4 Å². The van der Waals surface area contributed by atoms with E-state index >= 15 is 0 Å². The molecule has 0 bridgehead atoms. The molecule has 2 aromatic carbocycles. The van der Waals surface area contributed by atoms with Crippen molar-refractivity contribution in [3.05, 3.63) is 54.2 Å². The van der Waals surface area contributed by atoms with Gasteiger partial charge in [0.1, 0.15) is 11.9 Å². The average Bonchev–Trinajstić information content (AvgIpc) is 3.14. The quantitative estimate of drug-likeness (QED) is 0.703. The smallest absolute Gasteiger partial charge is 0.220 e. The third kappa shape index (κ3) is 3.72. The Balaban J connectivity index is 1.76. The summed E-state index contributed by atoms with van der Waals surface area (Å²) in [6.07, 6.45) is 1.83. The molecule has 1 fully saturated rings. The van der Waals surface area contributed by atoms with Gasteiger partial charge in [-0.05, 0) is 54.4 Å². The summed E-state index contributed by atoms with van der Waals surface area (Å²) >= 11 is 0. The highest BCUT2D eigenvalue weighted by Crippen LogP contribution is 2.35. The molecule has 7 heteroatoms. The van der Waals surface area contributed by atoms with Crippen molar-refractivity contribution in [3.63, 3.8) is 0 Å². The molecule has 0 aliphatic carbocycles. The number of hydrogen-bond acceptors (Lipinski definition) is 4. The maximum atomic E-state index is 14.2. The van der Waals surface area contributed by atoms with Crippen LogP contribution in [0.2, 0.25) is 0 Å². The predicted octanol–water partition coefficient (Wildman–Crippen LogP) is 4.09. The molecule has 3 aromatic rings. The Labute approximate surface area is 166 Å². The number of aromatic nitrogens is 1. The van der Waals surface area contributed by atoms with E-state index in [1.54, 1.807) is 24.4 Å². The third-order valence-corrected chi connectivity index (χ3v) is 5.20. The lowest BCUT2D eigenvalue weighted by Gasteiger charge is -2.21. The summed E-state index contributed by atoms with van der Waals surface area (Å²) in [5, 5.41) is 3.59. The molecule has 1 amide bonds. The molecule has 150 valence electrons. The fourth-order valence-electron chi connectivity index (χ4n) is 3.59. The van der Waals surface area contributed by atoms with Crippen molar-refractivity contribution in [1.82, 2.24) is 10.3 Å². The molecule has 0 spiro atoms. The Morgan fingerprint density at radius 2 is 1.90 bits per heavy atom. The van der Waals surface area contributed by atoms with Crippen molar-refractivity contribution in [2.45, 2.75) is 19.4 Å². The average molecular weight is 398 g/mol. The second-order valence-corrected chi connectivity index (χ2v) is 7.11. The minimum Gasteiger partial charge on any atom is -0.491 e. The van der Waals surface area contributed by atoms with Gasteiger partial charge in [0.2, 0.25) is 5.91 Å². The van der Waals surface area contributed by atoms with Crippen LogP contribution in [0.1, 0.15) is 13.3 Å². The third-order valence-electron chi connectivity index (χ3n) is 5.20. The van der Waals surface area contributed by atoms with Gasteiger partial charge in [-0.15, -0.1) is 0 Å². The van der Waals surface area contributed by atoms with Crippen LogP contribution in [0.25, 0.3) is 22.0 Å². The number of carbonyl (C=O) groups excluding carboxylic acids is 1. The Morgan fingerprint density at radius 1 is 1.17 bits per heavy atom. The maximum absolute atomic E-state index is 14.2. The first-order valence-corrected chi connectivity index (χ1v) is 9.32. The largest absolute Gasteiger partial charge is 0.491 e. The summed E-state index contributed by atoms with van der Waals surface area (Å²) < 4.78 is 39.4. The Morgan fingerprint density at radius 3 is 2.55 bits per heavy atom. The molecule has 4 rings (SSSR count). The van der Waals surface area contributed by atoms with Gasteiger partial charge in [0.05, 0.1) is 12.6 Å². The lowest BCUT2D eigenvalue weighted by atomic mass is 10.0. The van der Waals surface area contributed by atoms with Crippen LogP contribution in [0, 0.1) is 17.6 Å². The Hall–Kier alpha value is -3.22. The highest BCUT2D eigenvalue weighted by Gasteiger charge is 2.28. The first-order chi connectivity index (χ1) is 14.0. The second kappa shape index (κ2) is 7.66. The number of carbonyl (C=O) groups is 1. The van der Waals surface area contributed by atoms with Crippen LogP contribution in [0.5, 0.6) is 11.5 Å². The molecule has 1 aliphatic heterocycles. The van der Waals surface area contributed by atoms with Gasteiger partial charge in [0.15, 0.2) is 17.4 Å². The van der Waals surface area contributed by atoms with Crippen molar-refractivity contribution < 1.29 is 23.0 Å². The number of halogens is 2. The van der Waals surface area contributed by atoms with E-state index in [0.717, 1.165) is 5.39 Å². The standard InChI is InChI=1S/C22H20F2N2O3/c1-12(15-10-21(27)26-11-15)29-20-9-14(8-19-16(20)4-3-5-25-19)13-6-17(23)22(28-2)18(24)7-13/h3-9,12,15H,10-11H2,1-2H3,(H,26,27)/t12-,15-/m1/s1. The first-order valence-electron chi connectivity index (χ1n) is 9.32. The van der Waals surface area contributed by atoms with Crippen molar-refractivity contribution >= 4 is 16.8 Å². The van der Waals surface area contributed by atoms with Crippen LogP contribution in [0.4, 0.5) is 8.78 Å². The van der Waals surface area contributed by atoms with Crippen LogP contribution in [0.15, 0.2) is 42.6 Å². The van der Waals surface area contributed by atoms with Crippen LogP contribution < -0.4 is 14.8 Å². The Kier molecular flexibility index (Phi) is 5.05. The topological polar surface area (TPSA) is 60.5 Å². The molecule has 2 atom stereocenters. The SMILES string of the molecule is COc1c(F)cc(-c2cc(O[C@H](C)[C@H]3CNC(=O)C3)c3cccnc3c2)cc1F. The number of nitrogens with zero attached hydrogens (tertiary/aromatic N) is 1. The molecular formula is C22H20F2N2O3. The normalized spacial score (nSPS) is 17.2. The summed E-state index contributed by atoms with van der Waals surface area (Å²) in [7, 11) is 1.22. The molecule has 0 radical (unpaired) electrons. The number of fused-ring (bicyclic) bond motifs is 1. The number of ether oxygens (including phenoxy) is 2. The van der Waals surface area contributed by atoms with Crippen LogP contribution in [-0.4, -0.2) is 30.6 Å². The monoisotopic (exact) mass is 398 g/mol. The van der Waals surface area contributed by atoms with Crippen molar-refractivity contribution in [3.8, 4) is 22.6 Å². The van der Waals surface area contributed by atoms with E-state index in [9.17, 15) is 13.6 Å². The van der Waals surface area contributed by atoms with E-state index < -0.39 is 17.4 Å². The zero-order valence-corrected chi connectivity index (χ0v) is 16.0. The van der Waals surface area contributed by atoms with Crippen molar-refractivity contribution in [2.75, 3.05) is 13.7 Å². The predicted molar refractivity (Wildman–Crippen MR) is 105 cm³/mol. The fourth-order valence-corrected chi connectivity index (χ4v) is 3.59. The van der Waals surface area contributed by atoms with Crippen LogP contribution in [-0.2, 0) is 4.79 Å². The molecule has 0 saturated carbocycles. The molecular weight excluding hydrogens is 378 g/mol. The van der Waals surface area contributed by atoms with E-state index in [1.165, 1.54) is 19.2 Å². The second-order valence-electron chi connectivity index (χ2n) is 7.11. The molecule has 1 N–H and O–H groups in total. The van der Waals surface area contributed by atoms with E-state index in [2.05, 4.69) is 10.3 Å². The number of methoxy groups -OCH3 is 1. The van der Waals surface area contributed by atoms with Crippen LogP contribution >= 0.6 is 0 Å². The summed E-state index contributed by atoms with van der Waals surface area (Å²) in [4.78, 5) is 15.9. The number of amides is 1. The van der Waals surface area contributed by atoms with Crippen molar-refractivity contribution in [1.29, 1.82) is 0 Å². The number of nitrogens with one attached hydrogen (secondary N) is 1. The van der Waals surface area contributed by atoms with Gasteiger partial charge in [-0.1, -0.05) is 0 Å². The van der Waals surface area contributed by atoms with Gasteiger partial charge in [-0.25, -0.2) is 8.78 Å². The van der Waals surface area contributed by atoms with Gasteiger partial charge < -0.3 is 14.8 Å². The zero-order valence-electron chi connectivity index (χ0n) is 16.0. The summed E-state index contributed by atoms with van der Waals surface area (Å²) in [5.41, 5.74) is 1.56. The molecule has 1 saturated heterocycles. The summed E-state index contributed by atoms with van der Waals surface area (Å²) in [6.45, 7) is 2.47. The lowest BCUT2D eigenvalue weighted by Crippen LogP contribution is -2.25. The molecule has 29 heavy (non-hydrogen) atoms. The number of pyridine rings is 1. The van der Waals surface area contributed by atoms with Crippen molar-refractivity contribution in [2.24, 2.45) is 5.92 Å². The summed E-state index contributed by atoms with van der Waals surface area (Å²) in [5.74, 6) is -1.38. The molecule has 5 nitrogen and oxygen atoms in total. The zero-order chi connectivity index (χ0) is 20.5. The molecule has 1 aliphatic rings. The minimum atomic E-state index is -0.782. The van der Waals surface area contributed by atoms with Gasteiger partial charge in [0.25, 0.3) is 0 Å². The number of benzene rings is 2. The van der Waals surface area contributed by atoms with Gasteiger partial charge in [-0.2, -0.15) is 0 Å². The molecule has 0 unspecified atom stereocenters. The number of hydrogen-bond donors (Lipinski definition) is 1. The lowest BCUT2D eigenvalue weighted by molar-refractivity contribution is -0.119. The van der Waals surface area contributed by atoms with Gasteiger partial charge >= 0.3 is 0 Å². The highest BCUT2D eigenvalue weighted by atomic mass is 19.1. The van der Waals surface area contributed by atoms with Gasteiger partial charge in [0, 0.05) is 30.5 Å². The molecule has 1 aromatic heterocycles. The minimum absolute atomic E-state index is 0.00917. The Bertz CT molecular complexity index is 1060. The van der Waals surface area contributed by atoms with E-state index in [-0.39, 0.29) is 17.9 Å².